The van der Waals surface area contributed by atoms with Gasteiger partial charge in [0.25, 0.3) is 0 Å². The summed E-state index contributed by atoms with van der Waals surface area (Å²) < 4.78 is 5.18. The van der Waals surface area contributed by atoms with Crippen molar-refractivity contribution >= 4 is 11.9 Å². The van der Waals surface area contributed by atoms with Gasteiger partial charge in [-0.2, -0.15) is 0 Å². The van der Waals surface area contributed by atoms with Gasteiger partial charge in [-0.3, -0.25) is 4.79 Å². The van der Waals surface area contributed by atoms with E-state index in [0.717, 1.165) is 5.56 Å². The number of Topliss-reactive ketones (excluding diaryl/α,β-unsaturated/α-hetero) is 1. The summed E-state index contributed by atoms with van der Waals surface area (Å²) >= 11 is 0. The Balaban J connectivity index is 2.39. The molecule has 1 rings (SSSR count). The summed E-state index contributed by atoms with van der Waals surface area (Å²) in [5, 5.41) is 2.74. The summed E-state index contributed by atoms with van der Waals surface area (Å²) in [5.74, 6) is 0.0906. The summed E-state index contributed by atoms with van der Waals surface area (Å²) in [6.07, 6.45) is 0.546. The molecule has 21 heavy (non-hydrogen) atoms. The van der Waals surface area contributed by atoms with E-state index in [1.165, 1.54) is 0 Å². The number of rotatable bonds is 5. The number of aryl methyl sites for hydroxylation is 1. The van der Waals surface area contributed by atoms with Crippen LogP contribution in [0.2, 0.25) is 0 Å². The molecule has 0 saturated carbocycles. The predicted molar refractivity (Wildman–Crippen MR) is 83.6 cm³/mol. The van der Waals surface area contributed by atoms with Crippen LogP contribution in [-0.4, -0.2) is 23.5 Å². The molecule has 0 aliphatic heterocycles. The van der Waals surface area contributed by atoms with E-state index >= 15 is 0 Å². The highest BCUT2D eigenvalue weighted by Gasteiger charge is 2.18. The number of ketones is 1. The highest BCUT2D eigenvalue weighted by Crippen LogP contribution is 2.10. The van der Waals surface area contributed by atoms with Crippen LogP contribution in [-0.2, 0) is 4.74 Å². The normalized spacial score (nSPS) is 12.6. The lowest BCUT2D eigenvalue weighted by atomic mass is 10.0. The fraction of sp³-hybridized carbons (Fsp3) is 0.529. The van der Waals surface area contributed by atoms with Crippen LogP contribution in [0.5, 0.6) is 0 Å². The number of hydrogen-bond acceptors (Lipinski definition) is 3. The van der Waals surface area contributed by atoms with Crippen LogP contribution >= 0.6 is 0 Å². The summed E-state index contributed by atoms with van der Waals surface area (Å²) in [7, 11) is 0. The highest BCUT2D eigenvalue weighted by molar-refractivity contribution is 5.96. The number of hydrogen-bond donors (Lipinski definition) is 1. The van der Waals surface area contributed by atoms with E-state index in [0.29, 0.717) is 18.4 Å². The molecule has 0 aromatic heterocycles. The third-order valence-corrected chi connectivity index (χ3v) is 2.94. The number of ether oxygens (including phenoxy) is 1. The van der Waals surface area contributed by atoms with Crippen molar-refractivity contribution in [1.29, 1.82) is 0 Å². The zero-order chi connectivity index (χ0) is 16.0. The van der Waals surface area contributed by atoms with Crippen molar-refractivity contribution < 1.29 is 14.3 Å². The quantitative estimate of drug-likeness (QED) is 0.838. The number of amides is 1. The Bertz CT molecular complexity index is 486. The van der Waals surface area contributed by atoms with Crippen molar-refractivity contribution in [2.75, 3.05) is 0 Å². The SMILES string of the molecule is Cc1ccc(C(=O)CC[C@@H](C)NC(=O)OC(C)(C)C)cc1. The minimum atomic E-state index is -0.512. The van der Waals surface area contributed by atoms with E-state index in [2.05, 4.69) is 5.32 Å². The summed E-state index contributed by atoms with van der Waals surface area (Å²) in [6.45, 7) is 9.31. The van der Waals surface area contributed by atoms with Crippen LogP contribution in [0.4, 0.5) is 4.79 Å². The summed E-state index contributed by atoms with van der Waals surface area (Å²) in [4.78, 5) is 23.6. The number of alkyl carbamates (subject to hydrolysis) is 1. The van der Waals surface area contributed by atoms with Crippen molar-refractivity contribution in [2.24, 2.45) is 0 Å². The Morgan fingerprint density at radius 2 is 1.76 bits per heavy atom. The van der Waals surface area contributed by atoms with Gasteiger partial charge in [-0.15, -0.1) is 0 Å². The summed E-state index contributed by atoms with van der Waals surface area (Å²) in [5.41, 5.74) is 1.33. The van der Waals surface area contributed by atoms with Gasteiger partial charge in [-0.1, -0.05) is 29.8 Å². The summed E-state index contributed by atoms with van der Waals surface area (Å²) in [6, 6.07) is 7.42. The second kappa shape index (κ2) is 7.25. The fourth-order valence-electron chi connectivity index (χ4n) is 1.81. The molecule has 0 spiro atoms. The maximum absolute atomic E-state index is 12.0. The molecule has 0 saturated heterocycles. The zero-order valence-corrected chi connectivity index (χ0v) is 13.5. The molecular weight excluding hydrogens is 266 g/mol. The molecule has 116 valence electrons. The Labute approximate surface area is 126 Å². The molecule has 4 nitrogen and oxygen atoms in total. The molecule has 0 aliphatic carbocycles. The largest absolute Gasteiger partial charge is 0.444 e. The molecule has 0 aliphatic rings. The van der Waals surface area contributed by atoms with Crippen molar-refractivity contribution in [3.8, 4) is 0 Å². The first-order chi connectivity index (χ1) is 9.67. The van der Waals surface area contributed by atoms with E-state index in [1.807, 2.05) is 58.9 Å². The van der Waals surface area contributed by atoms with Crippen molar-refractivity contribution in [3.63, 3.8) is 0 Å². The maximum atomic E-state index is 12.0. The van der Waals surface area contributed by atoms with Crippen LogP contribution in [0, 0.1) is 6.92 Å². The topological polar surface area (TPSA) is 55.4 Å². The van der Waals surface area contributed by atoms with E-state index < -0.39 is 11.7 Å². The molecule has 0 fully saturated rings. The second-order valence-corrected chi connectivity index (χ2v) is 6.38. The van der Waals surface area contributed by atoms with E-state index in [4.69, 9.17) is 4.74 Å². The molecule has 0 heterocycles. The fourth-order valence-corrected chi connectivity index (χ4v) is 1.81. The number of carbonyl (C=O) groups is 2. The second-order valence-electron chi connectivity index (χ2n) is 6.38. The van der Waals surface area contributed by atoms with Crippen LogP contribution in [0.15, 0.2) is 24.3 Å². The number of carbonyl (C=O) groups excluding carboxylic acids is 2. The van der Waals surface area contributed by atoms with Gasteiger partial charge >= 0.3 is 6.09 Å². The van der Waals surface area contributed by atoms with Crippen molar-refractivity contribution in [1.82, 2.24) is 5.32 Å². The van der Waals surface area contributed by atoms with Crippen molar-refractivity contribution in [2.45, 2.75) is 59.1 Å². The highest BCUT2D eigenvalue weighted by atomic mass is 16.6. The molecule has 1 aromatic carbocycles. The first-order valence-corrected chi connectivity index (χ1v) is 7.27. The van der Waals surface area contributed by atoms with Gasteiger partial charge < -0.3 is 10.1 Å². The monoisotopic (exact) mass is 291 g/mol. The van der Waals surface area contributed by atoms with Gasteiger partial charge in [0.15, 0.2) is 5.78 Å². The van der Waals surface area contributed by atoms with Gasteiger partial charge in [0.05, 0.1) is 0 Å². The molecule has 1 amide bonds. The minimum Gasteiger partial charge on any atom is -0.444 e. The molecule has 1 N–H and O–H groups in total. The smallest absolute Gasteiger partial charge is 0.407 e. The molecule has 0 radical (unpaired) electrons. The van der Waals surface area contributed by atoms with E-state index in [1.54, 1.807) is 0 Å². The Morgan fingerprint density at radius 1 is 1.19 bits per heavy atom. The molecule has 0 bridgehead atoms. The Hall–Kier alpha value is -1.84. The van der Waals surface area contributed by atoms with Gasteiger partial charge in [0.2, 0.25) is 0 Å². The first kappa shape index (κ1) is 17.2. The van der Waals surface area contributed by atoms with Gasteiger partial charge in [0, 0.05) is 18.0 Å². The maximum Gasteiger partial charge on any atom is 0.407 e. The Morgan fingerprint density at radius 3 is 2.29 bits per heavy atom. The van der Waals surface area contributed by atoms with Crippen LogP contribution < -0.4 is 5.32 Å². The molecule has 0 unspecified atom stereocenters. The van der Waals surface area contributed by atoms with Gasteiger partial charge in [0.1, 0.15) is 5.60 Å². The minimum absolute atomic E-state index is 0.0906. The van der Waals surface area contributed by atoms with Gasteiger partial charge in [-0.05, 0) is 41.0 Å². The zero-order valence-electron chi connectivity index (χ0n) is 13.5. The average molecular weight is 291 g/mol. The lowest BCUT2D eigenvalue weighted by Crippen LogP contribution is -2.37. The molecular formula is C17H25NO3. The van der Waals surface area contributed by atoms with Crippen LogP contribution in [0.1, 0.15) is 56.5 Å². The van der Waals surface area contributed by atoms with Crippen LogP contribution in [0.25, 0.3) is 0 Å². The molecule has 1 aromatic rings. The number of benzene rings is 1. The van der Waals surface area contributed by atoms with E-state index in [9.17, 15) is 9.59 Å². The third-order valence-electron chi connectivity index (χ3n) is 2.94. The molecule has 1 atom stereocenters. The lowest BCUT2D eigenvalue weighted by molar-refractivity contribution is 0.0504. The number of nitrogens with one attached hydrogen (secondary N) is 1. The Kier molecular flexibility index (Phi) is 5.94. The third kappa shape index (κ3) is 6.93. The average Bonchev–Trinajstić information content (AvgIpc) is 2.34. The first-order valence-electron chi connectivity index (χ1n) is 7.27. The van der Waals surface area contributed by atoms with E-state index in [-0.39, 0.29) is 11.8 Å². The lowest BCUT2D eigenvalue weighted by Gasteiger charge is -2.21. The standard InChI is InChI=1S/C17H25NO3/c1-12-6-9-14(10-7-12)15(19)11-8-13(2)18-16(20)21-17(3,4)5/h6-7,9-10,13H,8,11H2,1-5H3,(H,18,20)/t13-/m1/s1. The van der Waals surface area contributed by atoms with Crippen LogP contribution in [0.3, 0.4) is 0 Å². The predicted octanol–water partition coefficient (Wildman–Crippen LogP) is 3.87. The van der Waals surface area contributed by atoms with Gasteiger partial charge in [-0.25, -0.2) is 4.79 Å². The van der Waals surface area contributed by atoms with Crippen molar-refractivity contribution in [3.05, 3.63) is 35.4 Å². The molecule has 4 heteroatoms.